The first-order chi connectivity index (χ1) is 9.13. The Kier molecular flexibility index (Phi) is 2.77. The number of benzene rings is 1. The van der Waals surface area contributed by atoms with Crippen LogP contribution in [0.4, 0.5) is 5.69 Å². The molecule has 1 aromatic carbocycles. The van der Waals surface area contributed by atoms with Crippen molar-refractivity contribution < 1.29 is 24.2 Å². The Morgan fingerprint density at radius 2 is 2.16 bits per heavy atom. The fourth-order valence-electron chi connectivity index (χ4n) is 2.47. The van der Waals surface area contributed by atoms with Gasteiger partial charge in [-0.3, -0.25) is 9.59 Å². The summed E-state index contributed by atoms with van der Waals surface area (Å²) in [6.07, 6.45) is 0.299. The summed E-state index contributed by atoms with van der Waals surface area (Å²) in [4.78, 5) is 24.2. The van der Waals surface area contributed by atoms with Crippen LogP contribution < -0.4 is 14.4 Å². The number of aliphatic carboxylic acids is 1. The van der Waals surface area contributed by atoms with Gasteiger partial charge in [-0.2, -0.15) is 0 Å². The first kappa shape index (κ1) is 11.8. The maximum absolute atomic E-state index is 11.9. The Hall–Kier alpha value is -2.24. The monoisotopic (exact) mass is 263 g/mol. The summed E-state index contributed by atoms with van der Waals surface area (Å²) in [5.41, 5.74) is 0.724. The van der Waals surface area contributed by atoms with Gasteiger partial charge < -0.3 is 19.5 Å². The largest absolute Gasteiger partial charge is 0.481 e. The predicted molar refractivity (Wildman–Crippen MR) is 65.3 cm³/mol. The first-order valence-electron chi connectivity index (χ1n) is 6.05. The molecule has 6 heteroatoms. The summed E-state index contributed by atoms with van der Waals surface area (Å²) in [5, 5.41) is 8.78. The molecule has 1 unspecified atom stereocenters. The van der Waals surface area contributed by atoms with E-state index in [1.54, 1.807) is 23.1 Å². The highest BCUT2D eigenvalue weighted by molar-refractivity contribution is 5.96. The van der Waals surface area contributed by atoms with Crippen LogP contribution in [0.3, 0.4) is 0 Å². The molecule has 0 bridgehead atoms. The molecule has 2 aliphatic rings. The number of hydrogen-bond acceptors (Lipinski definition) is 4. The Bertz CT molecular complexity index is 542. The molecule has 2 aliphatic heterocycles. The first-order valence-corrected chi connectivity index (χ1v) is 6.05. The van der Waals surface area contributed by atoms with E-state index in [0.29, 0.717) is 18.0 Å². The van der Waals surface area contributed by atoms with Gasteiger partial charge in [0.1, 0.15) is 0 Å². The van der Waals surface area contributed by atoms with E-state index in [2.05, 4.69) is 0 Å². The van der Waals surface area contributed by atoms with Gasteiger partial charge in [0, 0.05) is 24.7 Å². The molecule has 1 N–H and O–H groups in total. The number of carbonyl (C=O) groups is 2. The lowest BCUT2D eigenvalue weighted by atomic mass is 10.1. The van der Waals surface area contributed by atoms with Crippen molar-refractivity contribution in [1.29, 1.82) is 0 Å². The zero-order chi connectivity index (χ0) is 13.4. The van der Waals surface area contributed by atoms with Gasteiger partial charge in [0.05, 0.1) is 6.42 Å². The second-order valence-electron chi connectivity index (χ2n) is 4.71. The van der Waals surface area contributed by atoms with Gasteiger partial charge in [-0.05, 0) is 18.1 Å². The number of nitrogens with zero attached hydrogens (tertiary/aromatic N) is 1. The number of ether oxygens (including phenoxy) is 2. The van der Waals surface area contributed by atoms with E-state index >= 15 is 0 Å². The number of fused-ring (bicyclic) bond motifs is 1. The molecule has 19 heavy (non-hydrogen) atoms. The topological polar surface area (TPSA) is 76.1 Å². The van der Waals surface area contributed by atoms with Crippen molar-refractivity contribution in [2.75, 3.05) is 18.2 Å². The van der Waals surface area contributed by atoms with Crippen LogP contribution in [0.25, 0.3) is 0 Å². The minimum Gasteiger partial charge on any atom is -0.481 e. The molecule has 1 aromatic rings. The van der Waals surface area contributed by atoms with E-state index in [1.807, 2.05) is 0 Å². The Balaban J connectivity index is 1.79. The predicted octanol–water partition coefficient (Wildman–Crippen LogP) is 1.24. The summed E-state index contributed by atoms with van der Waals surface area (Å²) >= 11 is 0. The molecule has 0 saturated carbocycles. The number of hydrogen-bond donors (Lipinski definition) is 1. The average molecular weight is 263 g/mol. The molecule has 0 radical (unpaired) electrons. The number of anilines is 1. The Morgan fingerprint density at radius 1 is 1.37 bits per heavy atom. The van der Waals surface area contributed by atoms with Crippen molar-refractivity contribution in [2.45, 2.75) is 12.8 Å². The van der Waals surface area contributed by atoms with Gasteiger partial charge >= 0.3 is 5.97 Å². The van der Waals surface area contributed by atoms with Crippen LogP contribution in [0.1, 0.15) is 12.8 Å². The highest BCUT2D eigenvalue weighted by Gasteiger charge is 2.32. The molecule has 1 atom stereocenters. The number of carboxylic acid groups (broad SMARTS) is 1. The van der Waals surface area contributed by atoms with Gasteiger partial charge in [-0.1, -0.05) is 0 Å². The van der Waals surface area contributed by atoms with E-state index in [1.165, 1.54) is 0 Å². The van der Waals surface area contributed by atoms with Crippen LogP contribution in [0, 0.1) is 5.92 Å². The number of carboxylic acids is 1. The zero-order valence-corrected chi connectivity index (χ0v) is 10.2. The van der Waals surface area contributed by atoms with Crippen LogP contribution in [0.15, 0.2) is 18.2 Å². The average Bonchev–Trinajstić information content (AvgIpc) is 2.93. The minimum absolute atomic E-state index is 0.0206. The van der Waals surface area contributed by atoms with Crippen molar-refractivity contribution in [1.82, 2.24) is 0 Å². The fraction of sp³-hybridized carbons (Fsp3) is 0.385. The van der Waals surface area contributed by atoms with Crippen LogP contribution in [0.5, 0.6) is 11.5 Å². The number of amides is 1. The summed E-state index contributed by atoms with van der Waals surface area (Å²) in [5.74, 6) is 0.232. The van der Waals surface area contributed by atoms with E-state index in [0.717, 1.165) is 5.69 Å². The highest BCUT2D eigenvalue weighted by Crippen LogP contribution is 2.37. The standard InChI is InChI=1S/C13H13NO5/c15-12-3-8(4-13(16)17)6-14(12)9-1-2-10-11(5-9)19-7-18-10/h1-2,5,8H,3-4,6-7H2,(H,16,17). The third-order valence-electron chi connectivity index (χ3n) is 3.34. The van der Waals surface area contributed by atoms with E-state index < -0.39 is 5.97 Å². The molecule has 0 aliphatic carbocycles. The molecule has 2 heterocycles. The van der Waals surface area contributed by atoms with Crippen molar-refractivity contribution in [3.8, 4) is 11.5 Å². The fourth-order valence-corrected chi connectivity index (χ4v) is 2.47. The normalized spacial score (nSPS) is 20.9. The van der Waals surface area contributed by atoms with E-state index in [-0.39, 0.29) is 31.5 Å². The van der Waals surface area contributed by atoms with Crippen molar-refractivity contribution in [3.63, 3.8) is 0 Å². The SMILES string of the molecule is O=C(O)CC1CC(=O)N(c2ccc3c(c2)OCO3)C1. The number of carbonyl (C=O) groups excluding carboxylic acids is 1. The van der Waals surface area contributed by atoms with Crippen molar-refractivity contribution in [3.05, 3.63) is 18.2 Å². The summed E-state index contributed by atoms with van der Waals surface area (Å²) < 4.78 is 10.5. The third kappa shape index (κ3) is 2.21. The maximum atomic E-state index is 11.9. The van der Waals surface area contributed by atoms with E-state index in [9.17, 15) is 9.59 Å². The summed E-state index contributed by atoms with van der Waals surface area (Å²) in [6.45, 7) is 0.624. The van der Waals surface area contributed by atoms with Gasteiger partial charge in [-0.25, -0.2) is 0 Å². The molecule has 0 aromatic heterocycles. The second kappa shape index (κ2) is 4.46. The molecule has 6 nitrogen and oxygen atoms in total. The van der Waals surface area contributed by atoms with Gasteiger partial charge in [-0.15, -0.1) is 0 Å². The number of rotatable bonds is 3. The molecule has 3 rings (SSSR count). The van der Waals surface area contributed by atoms with E-state index in [4.69, 9.17) is 14.6 Å². The Morgan fingerprint density at radius 3 is 2.95 bits per heavy atom. The molecule has 100 valence electrons. The molecule has 1 fully saturated rings. The lowest BCUT2D eigenvalue weighted by Gasteiger charge is -2.16. The minimum atomic E-state index is -0.870. The third-order valence-corrected chi connectivity index (χ3v) is 3.34. The maximum Gasteiger partial charge on any atom is 0.303 e. The van der Waals surface area contributed by atoms with Crippen LogP contribution in [-0.2, 0) is 9.59 Å². The molecular formula is C13H13NO5. The van der Waals surface area contributed by atoms with Gasteiger partial charge in [0.15, 0.2) is 11.5 Å². The van der Waals surface area contributed by atoms with Gasteiger partial charge in [0.2, 0.25) is 12.7 Å². The van der Waals surface area contributed by atoms with Crippen LogP contribution >= 0.6 is 0 Å². The molecular weight excluding hydrogens is 250 g/mol. The zero-order valence-electron chi connectivity index (χ0n) is 10.2. The lowest BCUT2D eigenvalue weighted by Crippen LogP contribution is -2.24. The van der Waals surface area contributed by atoms with Crippen molar-refractivity contribution >= 4 is 17.6 Å². The lowest BCUT2D eigenvalue weighted by molar-refractivity contribution is -0.137. The molecule has 0 spiro atoms. The summed E-state index contributed by atoms with van der Waals surface area (Å²) in [7, 11) is 0. The quantitative estimate of drug-likeness (QED) is 0.888. The van der Waals surface area contributed by atoms with Crippen LogP contribution in [0.2, 0.25) is 0 Å². The Labute approximate surface area is 109 Å². The molecule has 1 amide bonds. The summed E-state index contributed by atoms with van der Waals surface area (Å²) in [6, 6.07) is 5.30. The second-order valence-corrected chi connectivity index (χ2v) is 4.71. The smallest absolute Gasteiger partial charge is 0.303 e. The highest BCUT2D eigenvalue weighted by atomic mass is 16.7. The van der Waals surface area contributed by atoms with Crippen molar-refractivity contribution in [2.24, 2.45) is 5.92 Å². The van der Waals surface area contributed by atoms with Crippen LogP contribution in [-0.4, -0.2) is 30.3 Å². The molecule has 1 saturated heterocycles. The van der Waals surface area contributed by atoms with Gasteiger partial charge in [0.25, 0.3) is 0 Å².